The van der Waals surface area contributed by atoms with Crippen LogP contribution in [0.5, 0.6) is 0 Å². The van der Waals surface area contributed by atoms with Crippen molar-refractivity contribution in [2.45, 2.75) is 76.2 Å². The van der Waals surface area contributed by atoms with E-state index in [1.807, 2.05) is 44.2 Å². The topological polar surface area (TPSA) is 134 Å². The molecule has 2 saturated heterocycles. The molecule has 0 spiro atoms. The minimum atomic E-state index is -0.818. The molecule has 2 aromatic heterocycles. The minimum Gasteiger partial charge on any atom is -0.446 e. The number of alkyl carbamates (subject to hydrolysis) is 1. The maximum Gasteiger partial charge on any atom is 0.408 e. The highest BCUT2D eigenvalue weighted by Crippen LogP contribution is 2.39. The SMILES string of the molecule is Cc1n[nH]c(C)c1-c1ccc(NC(=O)[C@@H](NC(=O)OC2CC2)[C@@H]2CCc3ccc(-c4cc(N5C[C@@H]6C[C@H]5CO6)ncn4)cc32)cc1. The third-order valence-corrected chi connectivity index (χ3v) is 9.74. The molecule has 4 aliphatic rings. The molecule has 2 bridgehead atoms. The summed E-state index contributed by atoms with van der Waals surface area (Å²) in [7, 11) is 0. The first-order valence-electron chi connectivity index (χ1n) is 16.1. The van der Waals surface area contributed by atoms with E-state index in [0.29, 0.717) is 11.7 Å². The van der Waals surface area contributed by atoms with Crippen LogP contribution in [0.2, 0.25) is 0 Å². The lowest BCUT2D eigenvalue weighted by atomic mass is 9.91. The number of carbonyl (C=O) groups is 2. The zero-order valence-electron chi connectivity index (χ0n) is 26.0. The number of rotatable bonds is 8. The number of aryl methyl sites for hydroxylation is 3. The Bertz CT molecular complexity index is 1780. The van der Waals surface area contributed by atoms with Crippen molar-refractivity contribution in [2.24, 2.45) is 0 Å². The van der Waals surface area contributed by atoms with Crippen molar-refractivity contribution >= 4 is 23.5 Å². The van der Waals surface area contributed by atoms with Crippen molar-refractivity contribution in [1.29, 1.82) is 0 Å². The van der Waals surface area contributed by atoms with Gasteiger partial charge in [0.15, 0.2) is 0 Å². The largest absolute Gasteiger partial charge is 0.446 e. The number of aromatic nitrogens is 4. The van der Waals surface area contributed by atoms with Crippen molar-refractivity contribution in [2.75, 3.05) is 23.4 Å². The smallest absolute Gasteiger partial charge is 0.408 e. The monoisotopic (exact) mass is 619 g/mol. The normalized spacial score (nSPS) is 22.0. The summed E-state index contributed by atoms with van der Waals surface area (Å²) in [6.07, 6.45) is 5.55. The Balaban J connectivity index is 1.05. The maximum atomic E-state index is 13.9. The number of aromatic amines is 1. The molecule has 4 atom stereocenters. The Morgan fingerprint density at radius 2 is 1.87 bits per heavy atom. The maximum absolute atomic E-state index is 13.9. The van der Waals surface area contributed by atoms with Gasteiger partial charge < -0.3 is 25.0 Å². The van der Waals surface area contributed by atoms with E-state index in [1.165, 1.54) is 5.56 Å². The third kappa shape index (κ3) is 5.49. The number of benzene rings is 2. The summed E-state index contributed by atoms with van der Waals surface area (Å²) < 4.78 is 11.3. The fraction of sp³-hybridized carbons (Fsp3) is 0.400. The van der Waals surface area contributed by atoms with Crippen LogP contribution in [0.25, 0.3) is 22.4 Å². The first kappa shape index (κ1) is 28.7. The van der Waals surface area contributed by atoms with Crippen LogP contribution >= 0.6 is 0 Å². The number of carbonyl (C=O) groups excluding carboxylic acids is 2. The summed E-state index contributed by atoms with van der Waals surface area (Å²) in [6.45, 7) is 5.53. The predicted octanol–water partition coefficient (Wildman–Crippen LogP) is 5.05. The molecule has 46 heavy (non-hydrogen) atoms. The third-order valence-electron chi connectivity index (χ3n) is 9.74. The summed E-state index contributed by atoms with van der Waals surface area (Å²) in [4.78, 5) is 38.4. The van der Waals surface area contributed by atoms with E-state index in [0.717, 1.165) is 90.4 Å². The zero-order chi connectivity index (χ0) is 31.4. The number of H-pyrrole nitrogens is 1. The van der Waals surface area contributed by atoms with Gasteiger partial charge in [0, 0.05) is 41.0 Å². The fourth-order valence-corrected chi connectivity index (χ4v) is 7.25. The van der Waals surface area contributed by atoms with Crippen LogP contribution in [-0.4, -0.2) is 69.6 Å². The van der Waals surface area contributed by atoms with Gasteiger partial charge in [0.05, 0.1) is 30.1 Å². The summed E-state index contributed by atoms with van der Waals surface area (Å²) >= 11 is 0. The lowest BCUT2D eigenvalue weighted by Crippen LogP contribution is -2.47. The van der Waals surface area contributed by atoms with E-state index in [1.54, 1.807) is 6.33 Å². The molecule has 3 N–H and O–H groups in total. The number of amides is 2. The second kappa shape index (κ2) is 11.5. The molecule has 2 aliphatic heterocycles. The quantitative estimate of drug-likeness (QED) is 0.249. The van der Waals surface area contributed by atoms with Gasteiger partial charge in [-0.25, -0.2) is 14.8 Å². The molecule has 236 valence electrons. The van der Waals surface area contributed by atoms with E-state index in [-0.39, 0.29) is 24.0 Å². The Kier molecular flexibility index (Phi) is 7.20. The molecule has 2 aromatic carbocycles. The van der Waals surface area contributed by atoms with Crippen LogP contribution in [-0.2, 0) is 20.7 Å². The van der Waals surface area contributed by atoms with Crippen molar-refractivity contribution in [3.63, 3.8) is 0 Å². The van der Waals surface area contributed by atoms with Gasteiger partial charge in [-0.1, -0.05) is 24.3 Å². The number of hydrogen-bond acceptors (Lipinski definition) is 8. The van der Waals surface area contributed by atoms with Gasteiger partial charge in [0.25, 0.3) is 0 Å². The average molecular weight is 620 g/mol. The standard InChI is InChI=1S/C35H37N7O4/c1-19-32(20(2)41-40-19)22-5-8-24(9-6-22)38-34(43)33(39-35(44)46-26-10-11-26)28-12-7-21-3-4-23(13-29(21)28)30-15-31(37-18-36-30)42-16-27-14-25(42)17-45-27/h3-6,8-9,13,15,18,25-28,33H,7,10-12,14,16-17H2,1-2H3,(H,38,43)(H,39,44)(H,40,41)/t25-,27-,28+,33-/m0/s1. The Morgan fingerprint density at radius 1 is 1.04 bits per heavy atom. The Labute approximate surface area is 267 Å². The number of hydrogen-bond donors (Lipinski definition) is 3. The molecule has 2 aliphatic carbocycles. The van der Waals surface area contributed by atoms with Crippen molar-refractivity contribution in [1.82, 2.24) is 25.5 Å². The first-order valence-corrected chi connectivity index (χ1v) is 16.1. The number of morpholine rings is 1. The number of nitrogens with zero attached hydrogens (tertiary/aromatic N) is 4. The second-order valence-corrected chi connectivity index (χ2v) is 12.9. The zero-order valence-corrected chi connectivity index (χ0v) is 26.0. The van der Waals surface area contributed by atoms with Crippen LogP contribution in [0.3, 0.4) is 0 Å². The Morgan fingerprint density at radius 3 is 2.59 bits per heavy atom. The summed E-state index contributed by atoms with van der Waals surface area (Å²) in [5.74, 6) is 0.392. The minimum absolute atomic E-state index is 0.0714. The second-order valence-electron chi connectivity index (χ2n) is 12.9. The van der Waals surface area contributed by atoms with Crippen molar-refractivity contribution < 1.29 is 19.1 Å². The lowest BCUT2D eigenvalue weighted by Gasteiger charge is -2.28. The first-order chi connectivity index (χ1) is 22.4. The molecule has 4 heterocycles. The fourth-order valence-electron chi connectivity index (χ4n) is 7.25. The van der Waals surface area contributed by atoms with Gasteiger partial charge >= 0.3 is 6.09 Å². The van der Waals surface area contributed by atoms with Crippen molar-refractivity contribution in [3.8, 4) is 22.4 Å². The molecule has 4 aromatic rings. The van der Waals surface area contributed by atoms with Gasteiger partial charge in [0.2, 0.25) is 5.91 Å². The lowest BCUT2D eigenvalue weighted by molar-refractivity contribution is -0.118. The molecule has 0 unspecified atom stereocenters. The molecule has 11 heteroatoms. The van der Waals surface area contributed by atoms with Crippen LogP contribution < -0.4 is 15.5 Å². The number of nitrogens with one attached hydrogen (secondary N) is 3. The summed E-state index contributed by atoms with van der Waals surface area (Å²) in [6, 6.07) is 15.6. The molecular weight excluding hydrogens is 582 g/mol. The van der Waals surface area contributed by atoms with Gasteiger partial charge in [-0.15, -0.1) is 0 Å². The van der Waals surface area contributed by atoms with E-state index in [2.05, 4.69) is 53.9 Å². The van der Waals surface area contributed by atoms with Crippen LogP contribution in [0.15, 0.2) is 54.9 Å². The molecule has 11 nitrogen and oxygen atoms in total. The van der Waals surface area contributed by atoms with Crippen LogP contribution in [0.1, 0.15) is 54.1 Å². The highest BCUT2D eigenvalue weighted by atomic mass is 16.6. The van der Waals surface area contributed by atoms with E-state index < -0.39 is 12.1 Å². The molecule has 1 saturated carbocycles. The Hall–Kier alpha value is -4.77. The average Bonchev–Trinajstić information content (AvgIpc) is 3.39. The number of anilines is 2. The molecular formula is C35H37N7O4. The molecule has 3 fully saturated rings. The summed E-state index contributed by atoms with van der Waals surface area (Å²) in [5.41, 5.74) is 8.61. The molecule has 8 rings (SSSR count). The van der Waals surface area contributed by atoms with Crippen LogP contribution in [0, 0.1) is 13.8 Å². The van der Waals surface area contributed by atoms with Crippen molar-refractivity contribution in [3.05, 3.63) is 77.4 Å². The predicted molar refractivity (Wildman–Crippen MR) is 173 cm³/mol. The van der Waals surface area contributed by atoms with Gasteiger partial charge in [-0.2, -0.15) is 5.10 Å². The van der Waals surface area contributed by atoms with E-state index >= 15 is 0 Å². The van der Waals surface area contributed by atoms with Gasteiger partial charge in [-0.05, 0) is 80.8 Å². The van der Waals surface area contributed by atoms with Crippen LogP contribution in [0.4, 0.5) is 16.3 Å². The molecule has 0 radical (unpaired) electrons. The van der Waals surface area contributed by atoms with E-state index in [4.69, 9.17) is 9.47 Å². The van der Waals surface area contributed by atoms with E-state index in [9.17, 15) is 9.59 Å². The highest BCUT2D eigenvalue weighted by Gasteiger charge is 2.40. The number of ether oxygens (including phenoxy) is 2. The van der Waals surface area contributed by atoms with Gasteiger partial charge in [-0.3, -0.25) is 9.89 Å². The number of fused-ring (bicyclic) bond motifs is 3. The van der Waals surface area contributed by atoms with Gasteiger partial charge in [0.1, 0.15) is 24.3 Å². The summed E-state index contributed by atoms with van der Waals surface area (Å²) in [5, 5.41) is 13.3. The highest BCUT2D eigenvalue weighted by molar-refractivity contribution is 5.97. The molecule has 2 amide bonds.